The molecule has 0 radical (unpaired) electrons. The van der Waals surface area contributed by atoms with Crippen LogP contribution in [0, 0.1) is 5.41 Å². The lowest BCUT2D eigenvalue weighted by Gasteiger charge is -2.31. The van der Waals surface area contributed by atoms with Crippen molar-refractivity contribution in [1.82, 2.24) is 10.2 Å². The molecule has 4 heteroatoms. The van der Waals surface area contributed by atoms with Gasteiger partial charge in [0, 0.05) is 27.2 Å². The second-order valence-corrected chi connectivity index (χ2v) is 5.97. The predicted octanol–water partition coefficient (Wildman–Crippen LogP) is 1.83. The van der Waals surface area contributed by atoms with E-state index >= 15 is 0 Å². The van der Waals surface area contributed by atoms with Crippen LogP contribution in [0.15, 0.2) is 24.3 Å². The zero-order valence-electron chi connectivity index (χ0n) is 13.3. The largest absolute Gasteiger partial charge is 0.384 e. The molecule has 1 unspecified atom stereocenters. The molecule has 1 amide bonds. The minimum absolute atomic E-state index is 0.175. The number of ether oxygens (including phenoxy) is 1. The van der Waals surface area contributed by atoms with Crippen LogP contribution in [0.5, 0.6) is 0 Å². The van der Waals surface area contributed by atoms with E-state index in [2.05, 4.69) is 36.5 Å². The standard InChI is InChI=1S/C17H26N2O2/c1-4-14-5-7-15(8-6-14)11-19(2)16(20)17(13-21-3)9-10-18-12-17/h5-8,18H,4,9-13H2,1-3H3. The Balaban J connectivity index is 2.03. The van der Waals surface area contributed by atoms with E-state index in [1.807, 2.05) is 11.9 Å². The number of aryl methyl sites for hydroxylation is 1. The second-order valence-electron chi connectivity index (χ2n) is 5.97. The molecule has 1 atom stereocenters. The molecule has 1 aromatic rings. The lowest BCUT2D eigenvalue weighted by atomic mass is 9.86. The van der Waals surface area contributed by atoms with Crippen LogP contribution in [0.2, 0.25) is 0 Å². The maximum absolute atomic E-state index is 12.8. The smallest absolute Gasteiger partial charge is 0.232 e. The van der Waals surface area contributed by atoms with E-state index in [0.29, 0.717) is 19.7 Å². The molecular weight excluding hydrogens is 264 g/mol. The average Bonchev–Trinajstić information content (AvgIpc) is 2.97. The normalized spacial score (nSPS) is 21.5. The molecule has 0 spiro atoms. The highest BCUT2D eigenvalue weighted by Gasteiger charge is 2.42. The highest BCUT2D eigenvalue weighted by Crippen LogP contribution is 2.28. The van der Waals surface area contributed by atoms with E-state index in [1.54, 1.807) is 7.11 Å². The Morgan fingerprint density at radius 2 is 2.00 bits per heavy atom. The molecule has 21 heavy (non-hydrogen) atoms. The Morgan fingerprint density at radius 1 is 1.33 bits per heavy atom. The van der Waals surface area contributed by atoms with Gasteiger partial charge in [-0.1, -0.05) is 31.2 Å². The summed E-state index contributed by atoms with van der Waals surface area (Å²) < 4.78 is 5.29. The maximum atomic E-state index is 12.8. The lowest BCUT2D eigenvalue weighted by molar-refractivity contribution is -0.143. The van der Waals surface area contributed by atoms with E-state index in [1.165, 1.54) is 11.1 Å². The van der Waals surface area contributed by atoms with Gasteiger partial charge in [0.15, 0.2) is 0 Å². The van der Waals surface area contributed by atoms with Gasteiger partial charge >= 0.3 is 0 Å². The number of nitrogens with one attached hydrogen (secondary N) is 1. The molecule has 1 N–H and O–H groups in total. The van der Waals surface area contributed by atoms with Crippen molar-refractivity contribution in [3.8, 4) is 0 Å². The fraction of sp³-hybridized carbons (Fsp3) is 0.588. The molecule has 1 heterocycles. The van der Waals surface area contributed by atoms with Crippen molar-refractivity contribution in [2.24, 2.45) is 5.41 Å². The highest BCUT2D eigenvalue weighted by molar-refractivity contribution is 5.83. The van der Waals surface area contributed by atoms with E-state index in [4.69, 9.17) is 4.74 Å². The van der Waals surface area contributed by atoms with E-state index in [-0.39, 0.29) is 5.91 Å². The number of carbonyl (C=O) groups excluding carboxylic acids is 1. The van der Waals surface area contributed by atoms with Crippen LogP contribution in [0.1, 0.15) is 24.5 Å². The van der Waals surface area contributed by atoms with Crippen LogP contribution >= 0.6 is 0 Å². The summed E-state index contributed by atoms with van der Waals surface area (Å²) in [6, 6.07) is 8.49. The SMILES string of the molecule is CCc1ccc(CN(C)C(=O)C2(COC)CCNC2)cc1. The predicted molar refractivity (Wildman–Crippen MR) is 84.1 cm³/mol. The number of carbonyl (C=O) groups is 1. The van der Waals surface area contributed by atoms with Crippen molar-refractivity contribution in [3.05, 3.63) is 35.4 Å². The first-order valence-electron chi connectivity index (χ1n) is 7.64. The van der Waals surface area contributed by atoms with E-state index in [9.17, 15) is 4.79 Å². The Labute approximate surface area is 127 Å². The zero-order valence-corrected chi connectivity index (χ0v) is 13.3. The maximum Gasteiger partial charge on any atom is 0.232 e. The summed E-state index contributed by atoms with van der Waals surface area (Å²) in [5.41, 5.74) is 2.09. The number of rotatable bonds is 6. The summed E-state index contributed by atoms with van der Waals surface area (Å²) in [5.74, 6) is 0.175. The van der Waals surface area contributed by atoms with Gasteiger partial charge in [-0.3, -0.25) is 4.79 Å². The molecule has 0 aliphatic carbocycles. The minimum atomic E-state index is -0.396. The number of benzene rings is 1. The van der Waals surface area contributed by atoms with Crippen molar-refractivity contribution < 1.29 is 9.53 Å². The lowest BCUT2D eigenvalue weighted by Crippen LogP contribution is -2.46. The van der Waals surface area contributed by atoms with Crippen LogP contribution in [0.4, 0.5) is 0 Å². The summed E-state index contributed by atoms with van der Waals surface area (Å²) in [4.78, 5) is 14.6. The molecule has 4 nitrogen and oxygen atoms in total. The third-order valence-corrected chi connectivity index (χ3v) is 4.32. The van der Waals surface area contributed by atoms with Crippen LogP contribution in [-0.4, -0.2) is 44.7 Å². The fourth-order valence-corrected chi connectivity index (χ4v) is 3.02. The first-order chi connectivity index (χ1) is 10.1. The summed E-state index contributed by atoms with van der Waals surface area (Å²) in [6.07, 6.45) is 1.89. The Morgan fingerprint density at radius 3 is 2.52 bits per heavy atom. The molecule has 0 aromatic heterocycles. The topological polar surface area (TPSA) is 41.6 Å². The third-order valence-electron chi connectivity index (χ3n) is 4.32. The highest BCUT2D eigenvalue weighted by atomic mass is 16.5. The molecule has 116 valence electrons. The Hall–Kier alpha value is -1.39. The van der Waals surface area contributed by atoms with Crippen molar-refractivity contribution >= 4 is 5.91 Å². The van der Waals surface area contributed by atoms with Gasteiger partial charge in [0.05, 0.1) is 12.0 Å². The zero-order chi connectivity index (χ0) is 15.3. The van der Waals surface area contributed by atoms with Gasteiger partial charge in [-0.05, 0) is 30.5 Å². The third kappa shape index (κ3) is 3.63. The van der Waals surface area contributed by atoms with Gasteiger partial charge in [-0.15, -0.1) is 0 Å². The fourth-order valence-electron chi connectivity index (χ4n) is 3.02. The van der Waals surface area contributed by atoms with Gasteiger partial charge in [0.25, 0.3) is 0 Å². The van der Waals surface area contributed by atoms with Gasteiger partial charge in [-0.25, -0.2) is 0 Å². The molecule has 1 saturated heterocycles. The molecule has 0 bridgehead atoms. The Bertz CT molecular complexity index is 464. The van der Waals surface area contributed by atoms with Gasteiger partial charge in [0.1, 0.15) is 0 Å². The van der Waals surface area contributed by atoms with E-state index in [0.717, 1.165) is 19.4 Å². The first-order valence-corrected chi connectivity index (χ1v) is 7.64. The number of amides is 1. The molecule has 1 aliphatic heterocycles. The molecule has 1 aliphatic rings. The summed E-state index contributed by atoms with van der Waals surface area (Å²) in [5, 5.41) is 3.29. The Kier molecular flexibility index (Phi) is 5.37. The molecular formula is C17H26N2O2. The number of methoxy groups -OCH3 is 1. The van der Waals surface area contributed by atoms with Crippen LogP contribution < -0.4 is 5.32 Å². The average molecular weight is 290 g/mol. The summed E-state index contributed by atoms with van der Waals surface area (Å²) in [7, 11) is 3.54. The molecule has 2 rings (SSSR count). The van der Waals surface area contributed by atoms with Crippen molar-refractivity contribution in [1.29, 1.82) is 0 Å². The van der Waals surface area contributed by atoms with Gasteiger partial charge in [0.2, 0.25) is 5.91 Å². The quantitative estimate of drug-likeness (QED) is 0.869. The van der Waals surface area contributed by atoms with Crippen LogP contribution in [0.25, 0.3) is 0 Å². The first kappa shape index (κ1) is 16.0. The minimum Gasteiger partial charge on any atom is -0.384 e. The van der Waals surface area contributed by atoms with Gasteiger partial charge in [-0.2, -0.15) is 0 Å². The summed E-state index contributed by atoms with van der Waals surface area (Å²) in [6.45, 7) is 4.87. The second kappa shape index (κ2) is 7.05. The summed E-state index contributed by atoms with van der Waals surface area (Å²) >= 11 is 0. The van der Waals surface area contributed by atoms with Crippen molar-refractivity contribution in [3.63, 3.8) is 0 Å². The molecule has 1 aromatic carbocycles. The van der Waals surface area contributed by atoms with Crippen LogP contribution in [-0.2, 0) is 22.5 Å². The van der Waals surface area contributed by atoms with Crippen LogP contribution in [0.3, 0.4) is 0 Å². The van der Waals surface area contributed by atoms with E-state index < -0.39 is 5.41 Å². The van der Waals surface area contributed by atoms with Gasteiger partial charge < -0.3 is 15.0 Å². The number of hydrogen-bond donors (Lipinski definition) is 1. The number of hydrogen-bond acceptors (Lipinski definition) is 3. The monoisotopic (exact) mass is 290 g/mol. The molecule has 0 saturated carbocycles. The number of nitrogens with zero attached hydrogens (tertiary/aromatic N) is 1. The molecule has 1 fully saturated rings. The van der Waals surface area contributed by atoms with Crippen molar-refractivity contribution in [2.75, 3.05) is 33.9 Å². The van der Waals surface area contributed by atoms with Crippen molar-refractivity contribution in [2.45, 2.75) is 26.3 Å².